The molecule has 3 aromatic carbocycles. The smallest absolute Gasteiger partial charge is 0.0740 e. The summed E-state index contributed by atoms with van der Waals surface area (Å²) in [5.41, 5.74) is 3.12. The zero-order valence-electron chi connectivity index (χ0n) is 10.3. The summed E-state index contributed by atoms with van der Waals surface area (Å²) in [6.45, 7) is 0. The summed E-state index contributed by atoms with van der Waals surface area (Å²) in [5.74, 6) is 0. The van der Waals surface area contributed by atoms with Crippen LogP contribution in [0.5, 0.6) is 0 Å². The number of oxime groups is 1. The van der Waals surface area contributed by atoms with E-state index in [-0.39, 0.29) is 0 Å². The van der Waals surface area contributed by atoms with E-state index in [4.69, 9.17) is 5.21 Å². The zero-order chi connectivity index (χ0) is 13.1. The lowest BCUT2D eigenvalue weighted by atomic mass is 9.95. The third-order valence-electron chi connectivity index (χ3n) is 3.24. The summed E-state index contributed by atoms with van der Waals surface area (Å²) in [4.78, 5) is 0. The topological polar surface area (TPSA) is 32.6 Å². The molecule has 1 N–H and O–H groups in total. The number of hydrogen-bond acceptors (Lipinski definition) is 2. The maximum absolute atomic E-state index is 8.77. The molecule has 0 atom stereocenters. The van der Waals surface area contributed by atoms with Gasteiger partial charge in [-0.3, -0.25) is 0 Å². The highest BCUT2D eigenvalue weighted by atomic mass is 16.4. The van der Waals surface area contributed by atoms with Crippen LogP contribution in [0.1, 0.15) is 5.56 Å². The Hall–Kier alpha value is -2.61. The molecule has 3 rings (SSSR count). The fraction of sp³-hybridized carbons (Fsp3) is 0. The van der Waals surface area contributed by atoms with Crippen LogP contribution < -0.4 is 0 Å². The Balaban J connectivity index is 2.31. The van der Waals surface area contributed by atoms with Gasteiger partial charge in [-0.05, 0) is 21.9 Å². The minimum atomic E-state index is 0.904. The average molecular weight is 247 g/mol. The van der Waals surface area contributed by atoms with Gasteiger partial charge in [0.05, 0.1) is 6.21 Å². The minimum absolute atomic E-state index is 0.904. The molecule has 0 bridgehead atoms. The van der Waals surface area contributed by atoms with Crippen LogP contribution >= 0.6 is 0 Å². The Bertz CT molecular complexity index is 742. The normalized spacial score (nSPS) is 11.2. The molecule has 0 aliphatic carbocycles. The van der Waals surface area contributed by atoms with Crippen LogP contribution in [0.2, 0.25) is 0 Å². The van der Waals surface area contributed by atoms with Crippen LogP contribution in [0, 0.1) is 0 Å². The van der Waals surface area contributed by atoms with Gasteiger partial charge >= 0.3 is 0 Å². The van der Waals surface area contributed by atoms with Crippen LogP contribution in [0.3, 0.4) is 0 Å². The molecule has 0 aliphatic rings. The van der Waals surface area contributed by atoms with E-state index in [9.17, 15) is 0 Å². The number of benzene rings is 3. The lowest BCUT2D eigenvalue weighted by Crippen LogP contribution is -1.89. The van der Waals surface area contributed by atoms with E-state index in [2.05, 4.69) is 29.4 Å². The fourth-order valence-corrected chi connectivity index (χ4v) is 2.38. The second-order valence-corrected chi connectivity index (χ2v) is 4.36. The van der Waals surface area contributed by atoms with E-state index in [1.54, 1.807) is 0 Å². The first-order valence-corrected chi connectivity index (χ1v) is 6.15. The van der Waals surface area contributed by atoms with Gasteiger partial charge in [-0.1, -0.05) is 71.9 Å². The highest BCUT2D eigenvalue weighted by Crippen LogP contribution is 2.30. The third kappa shape index (κ3) is 2.08. The molecule has 0 aromatic heterocycles. The SMILES string of the molecule is ON=Cc1ccccc1-c1cccc2ccccc12. The first kappa shape index (κ1) is 11.5. The molecule has 0 unspecified atom stereocenters. The summed E-state index contributed by atoms with van der Waals surface area (Å²) >= 11 is 0. The Morgan fingerprint density at radius 1 is 0.737 bits per heavy atom. The second-order valence-electron chi connectivity index (χ2n) is 4.36. The lowest BCUT2D eigenvalue weighted by Gasteiger charge is -2.09. The van der Waals surface area contributed by atoms with Crippen molar-refractivity contribution in [1.29, 1.82) is 0 Å². The standard InChI is InChI=1S/C17H13NO/c19-18-12-14-7-2-4-10-16(14)17-11-5-8-13-6-1-3-9-15(13)17/h1-12,19H. The van der Waals surface area contributed by atoms with Crippen LogP contribution in [0.4, 0.5) is 0 Å². The van der Waals surface area contributed by atoms with Gasteiger partial charge in [0.1, 0.15) is 0 Å². The summed E-state index contributed by atoms with van der Waals surface area (Å²) in [5, 5.41) is 14.3. The van der Waals surface area contributed by atoms with Gasteiger partial charge in [0.25, 0.3) is 0 Å². The van der Waals surface area contributed by atoms with Crippen molar-refractivity contribution < 1.29 is 5.21 Å². The molecule has 0 radical (unpaired) electrons. The van der Waals surface area contributed by atoms with E-state index in [1.807, 2.05) is 42.5 Å². The largest absolute Gasteiger partial charge is 0.411 e. The van der Waals surface area contributed by atoms with Crippen molar-refractivity contribution in [3.05, 3.63) is 72.3 Å². The Morgan fingerprint density at radius 3 is 2.32 bits per heavy atom. The summed E-state index contributed by atoms with van der Waals surface area (Å²) in [6, 6.07) is 22.4. The van der Waals surface area contributed by atoms with Crippen molar-refractivity contribution in [2.45, 2.75) is 0 Å². The van der Waals surface area contributed by atoms with Gasteiger partial charge in [0, 0.05) is 5.56 Å². The molecular formula is C17H13NO. The fourth-order valence-electron chi connectivity index (χ4n) is 2.38. The maximum Gasteiger partial charge on any atom is 0.0740 e. The van der Waals surface area contributed by atoms with E-state index < -0.39 is 0 Å². The van der Waals surface area contributed by atoms with Gasteiger partial charge < -0.3 is 5.21 Å². The molecule has 19 heavy (non-hydrogen) atoms. The first-order chi connectivity index (χ1) is 9.40. The molecule has 0 saturated carbocycles. The van der Waals surface area contributed by atoms with Crippen LogP contribution in [-0.4, -0.2) is 11.4 Å². The third-order valence-corrected chi connectivity index (χ3v) is 3.24. The maximum atomic E-state index is 8.77. The number of fused-ring (bicyclic) bond motifs is 1. The molecule has 0 heterocycles. The molecule has 0 aliphatic heterocycles. The molecular weight excluding hydrogens is 234 g/mol. The lowest BCUT2D eigenvalue weighted by molar-refractivity contribution is 0.322. The van der Waals surface area contributed by atoms with Crippen LogP contribution in [-0.2, 0) is 0 Å². The van der Waals surface area contributed by atoms with Crippen molar-refractivity contribution in [3.8, 4) is 11.1 Å². The summed E-state index contributed by atoms with van der Waals surface area (Å²) in [7, 11) is 0. The Kier molecular flexibility index (Phi) is 2.99. The second kappa shape index (κ2) is 4.94. The van der Waals surface area contributed by atoms with Crippen molar-refractivity contribution in [2.24, 2.45) is 5.16 Å². The molecule has 2 nitrogen and oxygen atoms in total. The quantitative estimate of drug-likeness (QED) is 0.408. The van der Waals surface area contributed by atoms with Gasteiger partial charge in [0.15, 0.2) is 0 Å². The monoisotopic (exact) mass is 247 g/mol. The number of rotatable bonds is 2. The first-order valence-electron chi connectivity index (χ1n) is 6.15. The summed E-state index contributed by atoms with van der Waals surface area (Å²) in [6.07, 6.45) is 1.47. The molecule has 2 heteroatoms. The number of nitrogens with zero attached hydrogens (tertiary/aromatic N) is 1. The molecule has 0 saturated heterocycles. The molecule has 92 valence electrons. The van der Waals surface area contributed by atoms with Crippen molar-refractivity contribution in [3.63, 3.8) is 0 Å². The van der Waals surface area contributed by atoms with E-state index in [0.717, 1.165) is 16.7 Å². The van der Waals surface area contributed by atoms with Crippen molar-refractivity contribution in [2.75, 3.05) is 0 Å². The van der Waals surface area contributed by atoms with Crippen LogP contribution in [0.25, 0.3) is 21.9 Å². The van der Waals surface area contributed by atoms with E-state index in [1.165, 1.54) is 17.0 Å². The molecule has 3 aromatic rings. The van der Waals surface area contributed by atoms with Gasteiger partial charge in [0.2, 0.25) is 0 Å². The van der Waals surface area contributed by atoms with Gasteiger partial charge in [-0.15, -0.1) is 0 Å². The number of hydrogen-bond donors (Lipinski definition) is 1. The highest BCUT2D eigenvalue weighted by Gasteiger charge is 2.06. The molecule has 0 spiro atoms. The molecule has 0 amide bonds. The van der Waals surface area contributed by atoms with Crippen LogP contribution in [0.15, 0.2) is 71.9 Å². The van der Waals surface area contributed by atoms with Crippen molar-refractivity contribution >= 4 is 17.0 Å². The molecule has 0 fully saturated rings. The van der Waals surface area contributed by atoms with Gasteiger partial charge in [-0.25, -0.2) is 0 Å². The minimum Gasteiger partial charge on any atom is -0.411 e. The zero-order valence-corrected chi connectivity index (χ0v) is 10.3. The average Bonchev–Trinajstić information content (AvgIpc) is 2.48. The van der Waals surface area contributed by atoms with E-state index >= 15 is 0 Å². The summed E-state index contributed by atoms with van der Waals surface area (Å²) < 4.78 is 0. The van der Waals surface area contributed by atoms with Gasteiger partial charge in [-0.2, -0.15) is 0 Å². The Labute approximate surface area is 111 Å². The predicted molar refractivity (Wildman–Crippen MR) is 78.8 cm³/mol. The van der Waals surface area contributed by atoms with E-state index in [0.29, 0.717) is 0 Å². The highest BCUT2D eigenvalue weighted by molar-refractivity contribution is 6.01. The predicted octanol–water partition coefficient (Wildman–Crippen LogP) is 4.31. The Morgan fingerprint density at radius 2 is 1.42 bits per heavy atom. The van der Waals surface area contributed by atoms with Crippen molar-refractivity contribution in [1.82, 2.24) is 0 Å².